The van der Waals surface area contributed by atoms with E-state index in [0.29, 0.717) is 30.2 Å². The van der Waals surface area contributed by atoms with E-state index in [-0.39, 0.29) is 17.0 Å². The van der Waals surface area contributed by atoms with E-state index in [1.807, 2.05) is 20.8 Å². The average molecular weight is 479 g/mol. The van der Waals surface area contributed by atoms with E-state index in [0.717, 1.165) is 42.0 Å². The van der Waals surface area contributed by atoms with E-state index in [9.17, 15) is 19.2 Å². The molecule has 0 saturated carbocycles. The van der Waals surface area contributed by atoms with Crippen molar-refractivity contribution in [3.8, 4) is 0 Å². The van der Waals surface area contributed by atoms with Crippen LogP contribution in [0.25, 0.3) is 11.0 Å². The Morgan fingerprint density at radius 3 is 2.36 bits per heavy atom. The molecular weight excluding hydrogens is 444 g/mol. The molecule has 2 aromatic heterocycles. The Balaban J connectivity index is 2.70. The number of aryl methyl sites for hydroxylation is 2. The van der Waals surface area contributed by atoms with Gasteiger partial charge in [-0.05, 0) is 18.8 Å². The molecule has 0 unspecified atom stereocenters. The third-order valence-electron chi connectivity index (χ3n) is 5.25. The van der Waals surface area contributed by atoms with Gasteiger partial charge < -0.3 is 5.73 Å². The van der Waals surface area contributed by atoms with Crippen LogP contribution in [0.2, 0.25) is 0 Å². The molecule has 11 heteroatoms. The lowest BCUT2D eigenvalue weighted by Crippen LogP contribution is -2.42. The second-order valence-corrected chi connectivity index (χ2v) is 9.52. The number of hydrogen-bond donors (Lipinski definition) is 2. The summed E-state index contributed by atoms with van der Waals surface area (Å²) < 4.78 is 2.53. The first kappa shape index (κ1) is 26.6. The van der Waals surface area contributed by atoms with Crippen LogP contribution in [-0.2, 0) is 24.8 Å². The molecule has 0 spiro atoms. The first-order valence-electron chi connectivity index (χ1n) is 11.4. The summed E-state index contributed by atoms with van der Waals surface area (Å²) in [4.78, 5) is 59.1. The van der Waals surface area contributed by atoms with E-state index in [2.05, 4.69) is 22.2 Å². The van der Waals surface area contributed by atoms with Gasteiger partial charge in [-0.25, -0.2) is 19.6 Å². The van der Waals surface area contributed by atoms with Gasteiger partial charge in [-0.3, -0.25) is 24.0 Å². The van der Waals surface area contributed by atoms with Crippen molar-refractivity contribution in [2.24, 2.45) is 18.7 Å². The SMILES string of the molecule is CCCCCCc1nc(S[C@@H](C(=O)NC(N)=O)C(C)C)c2c(=O)n(C)c(=O)n(CCC)c2n1. The number of nitrogens with zero attached hydrogens (tertiary/aromatic N) is 4. The van der Waals surface area contributed by atoms with Crippen molar-refractivity contribution >= 4 is 34.7 Å². The van der Waals surface area contributed by atoms with E-state index in [1.54, 1.807) is 0 Å². The Hall–Kier alpha value is -2.69. The van der Waals surface area contributed by atoms with Crippen molar-refractivity contribution in [2.45, 2.75) is 83.0 Å². The van der Waals surface area contributed by atoms with Crippen molar-refractivity contribution in [2.75, 3.05) is 0 Å². The largest absolute Gasteiger partial charge is 0.351 e. The molecule has 0 radical (unpaired) electrons. The normalized spacial score (nSPS) is 12.3. The fourth-order valence-electron chi connectivity index (χ4n) is 3.52. The number of unbranched alkanes of at least 4 members (excludes halogenated alkanes) is 3. The summed E-state index contributed by atoms with van der Waals surface area (Å²) in [6.07, 6.45) is 5.37. The monoisotopic (exact) mass is 478 g/mol. The van der Waals surface area contributed by atoms with Gasteiger partial charge >= 0.3 is 11.7 Å². The van der Waals surface area contributed by atoms with E-state index in [4.69, 9.17) is 5.73 Å². The third kappa shape index (κ3) is 6.43. The molecule has 1 atom stereocenters. The topological polar surface area (TPSA) is 142 Å². The summed E-state index contributed by atoms with van der Waals surface area (Å²) >= 11 is 1.09. The van der Waals surface area contributed by atoms with Gasteiger partial charge in [0.15, 0.2) is 5.65 Å². The number of amides is 3. The van der Waals surface area contributed by atoms with Crippen molar-refractivity contribution in [1.82, 2.24) is 24.4 Å². The second kappa shape index (κ2) is 12.0. The molecule has 3 amide bonds. The van der Waals surface area contributed by atoms with Crippen LogP contribution < -0.4 is 22.3 Å². The molecule has 0 bridgehead atoms. The van der Waals surface area contributed by atoms with Crippen molar-refractivity contribution in [1.29, 1.82) is 0 Å². The Bertz CT molecular complexity index is 1120. The average Bonchev–Trinajstić information content (AvgIpc) is 2.75. The molecule has 0 aromatic carbocycles. The van der Waals surface area contributed by atoms with Crippen molar-refractivity contribution < 1.29 is 9.59 Å². The van der Waals surface area contributed by atoms with Crippen LogP contribution >= 0.6 is 11.8 Å². The maximum atomic E-state index is 13.1. The number of imide groups is 1. The molecule has 0 fully saturated rings. The van der Waals surface area contributed by atoms with Crippen LogP contribution in [0, 0.1) is 5.92 Å². The highest BCUT2D eigenvalue weighted by atomic mass is 32.2. The number of primary amides is 1. The quantitative estimate of drug-likeness (QED) is 0.287. The third-order valence-corrected chi connectivity index (χ3v) is 6.78. The molecule has 0 aliphatic heterocycles. The summed E-state index contributed by atoms with van der Waals surface area (Å²) in [5, 5.41) is 1.92. The first-order valence-corrected chi connectivity index (χ1v) is 12.3. The summed E-state index contributed by atoms with van der Waals surface area (Å²) in [7, 11) is 1.42. The Morgan fingerprint density at radius 1 is 1.09 bits per heavy atom. The number of carbonyl (C=O) groups is 2. The first-order chi connectivity index (χ1) is 15.6. The molecule has 2 heterocycles. The standard InChI is InChI=1S/C22H34N6O4S/c1-6-8-9-10-11-14-24-17-15(20(30)27(5)22(32)28(17)12-7-2)19(25-14)33-16(13(3)4)18(29)26-21(23)31/h13,16H,6-12H2,1-5H3,(H3,23,26,29,31)/t16-/m1/s1. The van der Waals surface area contributed by atoms with Gasteiger partial charge in [0, 0.05) is 20.0 Å². The zero-order chi connectivity index (χ0) is 24.7. The van der Waals surface area contributed by atoms with Crippen LogP contribution in [0.3, 0.4) is 0 Å². The molecular formula is C22H34N6O4S. The van der Waals surface area contributed by atoms with Gasteiger partial charge in [0.1, 0.15) is 16.2 Å². The number of urea groups is 1. The zero-order valence-electron chi connectivity index (χ0n) is 20.0. The molecule has 0 aliphatic rings. The lowest BCUT2D eigenvalue weighted by molar-refractivity contribution is -0.120. The van der Waals surface area contributed by atoms with Gasteiger partial charge in [-0.2, -0.15) is 0 Å². The number of fused-ring (bicyclic) bond motifs is 1. The predicted molar refractivity (Wildman–Crippen MR) is 129 cm³/mol. The van der Waals surface area contributed by atoms with E-state index in [1.165, 1.54) is 11.6 Å². The minimum absolute atomic E-state index is 0.183. The molecule has 0 saturated heterocycles. The number of aromatic nitrogens is 4. The van der Waals surface area contributed by atoms with Crippen LogP contribution in [0.15, 0.2) is 14.6 Å². The number of hydrogen-bond acceptors (Lipinski definition) is 7. The minimum Gasteiger partial charge on any atom is -0.351 e. The summed E-state index contributed by atoms with van der Waals surface area (Å²) in [5.41, 5.74) is 4.47. The number of nitrogens with one attached hydrogen (secondary N) is 1. The van der Waals surface area contributed by atoms with Crippen molar-refractivity contribution in [3.05, 3.63) is 26.7 Å². The van der Waals surface area contributed by atoms with E-state index >= 15 is 0 Å². The second-order valence-electron chi connectivity index (χ2n) is 8.39. The highest BCUT2D eigenvalue weighted by molar-refractivity contribution is 8.00. The molecule has 2 aromatic rings. The fourth-order valence-corrected chi connectivity index (χ4v) is 4.65. The molecule has 33 heavy (non-hydrogen) atoms. The highest BCUT2D eigenvalue weighted by Gasteiger charge is 2.28. The Kier molecular flexibility index (Phi) is 9.63. The van der Waals surface area contributed by atoms with Crippen molar-refractivity contribution in [3.63, 3.8) is 0 Å². The molecule has 2 rings (SSSR count). The fraction of sp³-hybridized carbons (Fsp3) is 0.636. The van der Waals surface area contributed by atoms with Gasteiger partial charge in [0.2, 0.25) is 5.91 Å². The lowest BCUT2D eigenvalue weighted by atomic mass is 10.1. The number of rotatable bonds is 11. The van der Waals surface area contributed by atoms with Gasteiger partial charge in [0.05, 0.1) is 5.25 Å². The highest BCUT2D eigenvalue weighted by Crippen LogP contribution is 2.31. The van der Waals surface area contributed by atoms with Gasteiger partial charge in [0.25, 0.3) is 5.56 Å². The summed E-state index contributed by atoms with van der Waals surface area (Å²) in [5.74, 6) is -0.216. The van der Waals surface area contributed by atoms with Crippen LogP contribution in [0.4, 0.5) is 4.79 Å². The molecule has 10 nitrogen and oxygen atoms in total. The molecule has 182 valence electrons. The molecule has 0 aliphatic carbocycles. The smallest absolute Gasteiger partial charge is 0.332 e. The van der Waals surface area contributed by atoms with Crippen LogP contribution in [0.5, 0.6) is 0 Å². The minimum atomic E-state index is -0.942. The lowest BCUT2D eigenvalue weighted by Gasteiger charge is -2.20. The van der Waals surface area contributed by atoms with Gasteiger partial charge in [-0.1, -0.05) is 58.7 Å². The Morgan fingerprint density at radius 2 is 1.79 bits per heavy atom. The molecule has 3 N–H and O–H groups in total. The number of carbonyl (C=O) groups excluding carboxylic acids is 2. The maximum absolute atomic E-state index is 13.1. The maximum Gasteiger partial charge on any atom is 0.332 e. The summed E-state index contributed by atoms with van der Waals surface area (Å²) in [6.45, 7) is 8.13. The Labute approximate surface area is 197 Å². The van der Waals surface area contributed by atoms with E-state index < -0.39 is 28.4 Å². The number of nitrogens with two attached hydrogens (primary N) is 1. The van der Waals surface area contributed by atoms with Crippen LogP contribution in [-0.4, -0.2) is 36.3 Å². The zero-order valence-corrected chi connectivity index (χ0v) is 20.8. The predicted octanol–water partition coefficient (Wildman–Crippen LogP) is 2.33. The number of thioether (sulfide) groups is 1. The van der Waals surface area contributed by atoms with Gasteiger partial charge in [-0.15, -0.1) is 0 Å². The summed E-state index contributed by atoms with van der Waals surface area (Å²) in [6, 6.07) is -0.942. The van der Waals surface area contributed by atoms with Crippen LogP contribution in [0.1, 0.15) is 65.6 Å².